The number of rotatable bonds is 7. The Morgan fingerprint density at radius 2 is 1.71 bits per heavy atom. The molecule has 150 valence electrons. The summed E-state index contributed by atoms with van der Waals surface area (Å²) in [7, 11) is 0. The summed E-state index contributed by atoms with van der Waals surface area (Å²) in [5.74, 6) is 2.54. The number of benzene rings is 1. The Hall–Kier alpha value is -1.84. The van der Waals surface area contributed by atoms with Crippen molar-refractivity contribution in [2.75, 3.05) is 6.67 Å². The molecule has 4 aliphatic rings. The third-order valence-electron chi connectivity index (χ3n) is 7.48. The molecular formula is C24H31FN2O. The van der Waals surface area contributed by atoms with Crippen LogP contribution < -0.4 is 5.32 Å². The summed E-state index contributed by atoms with van der Waals surface area (Å²) in [5.41, 5.74) is 1.91. The number of carbonyl (C=O) groups is 1. The third-order valence-corrected chi connectivity index (χ3v) is 7.48. The Balaban J connectivity index is 1.40. The van der Waals surface area contributed by atoms with E-state index in [0.717, 1.165) is 53.7 Å². The van der Waals surface area contributed by atoms with Crippen molar-refractivity contribution in [3.05, 3.63) is 36.0 Å². The molecule has 1 heterocycles. The quantitative estimate of drug-likeness (QED) is 0.632. The van der Waals surface area contributed by atoms with Gasteiger partial charge in [-0.3, -0.25) is 9.18 Å². The normalized spacial score (nSPS) is 30.8. The van der Waals surface area contributed by atoms with Gasteiger partial charge in [0.2, 0.25) is 0 Å². The molecule has 1 aromatic carbocycles. The van der Waals surface area contributed by atoms with Crippen molar-refractivity contribution in [3.63, 3.8) is 0 Å². The number of aromatic nitrogens is 1. The molecule has 0 spiro atoms. The highest BCUT2D eigenvalue weighted by Crippen LogP contribution is 2.55. The lowest BCUT2D eigenvalue weighted by molar-refractivity contribution is -0.0168. The van der Waals surface area contributed by atoms with Gasteiger partial charge in [-0.05, 0) is 87.7 Å². The van der Waals surface area contributed by atoms with Gasteiger partial charge in [0.05, 0.1) is 6.67 Å². The molecule has 4 aliphatic carbocycles. The highest BCUT2D eigenvalue weighted by molar-refractivity contribution is 5.99. The van der Waals surface area contributed by atoms with Gasteiger partial charge < -0.3 is 9.88 Å². The van der Waals surface area contributed by atoms with Crippen LogP contribution in [0.15, 0.2) is 30.3 Å². The first kappa shape index (κ1) is 18.2. The second kappa shape index (κ2) is 7.20. The SMILES string of the molecule is O=C(NC12CC3CC(CC(C3)C1)C2)c1cc2ccccc2n1CCCCCF. The Labute approximate surface area is 166 Å². The van der Waals surface area contributed by atoms with Crippen LogP contribution in [-0.2, 0) is 6.54 Å². The van der Waals surface area contributed by atoms with Gasteiger partial charge in [-0.15, -0.1) is 0 Å². The summed E-state index contributed by atoms with van der Waals surface area (Å²) in [6, 6.07) is 10.3. The number of aryl methyl sites for hydroxylation is 1. The van der Waals surface area contributed by atoms with Crippen molar-refractivity contribution in [3.8, 4) is 0 Å². The number of halogens is 1. The van der Waals surface area contributed by atoms with E-state index in [1.54, 1.807) is 0 Å². The van der Waals surface area contributed by atoms with E-state index in [9.17, 15) is 9.18 Å². The van der Waals surface area contributed by atoms with Crippen molar-refractivity contribution < 1.29 is 9.18 Å². The average molecular weight is 383 g/mol. The van der Waals surface area contributed by atoms with Crippen LogP contribution in [0.2, 0.25) is 0 Å². The van der Waals surface area contributed by atoms with E-state index in [-0.39, 0.29) is 18.1 Å². The fourth-order valence-electron chi connectivity index (χ4n) is 6.75. The minimum atomic E-state index is -0.258. The predicted molar refractivity (Wildman–Crippen MR) is 110 cm³/mol. The molecule has 6 rings (SSSR count). The summed E-state index contributed by atoms with van der Waals surface area (Å²) in [6.45, 7) is 0.517. The molecule has 1 N–H and O–H groups in total. The van der Waals surface area contributed by atoms with E-state index in [1.807, 2.05) is 18.2 Å². The third kappa shape index (κ3) is 3.25. The summed E-state index contributed by atoms with van der Waals surface area (Å²) in [4.78, 5) is 13.4. The van der Waals surface area contributed by atoms with Crippen LogP contribution in [0.25, 0.3) is 10.9 Å². The maximum absolute atomic E-state index is 13.4. The van der Waals surface area contributed by atoms with E-state index < -0.39 is 0 Å². The van der Waals surface area contributed by atoms with Gasteiger partial charge >= 0.3 is 0 Å². The highest BCUT2D eigenvalue weighted by Gasteiger charge is 2.51. The van der Waals surface area contributed by atoms with Crippen LogP contribution >= 0.6 is 0 Å². The maximum atomic E-state index is 13.4. The van der Waals surface area contributed by atoms with Gasteiger partial charge in [0.25, 0.3) is 5.91 Å². The monoisotopic (exact) mass is 382 g/mol. The number of hydrogen-bond donors (Lipinski definition) is 1. The summed E-state index contributed by atoms with van der Waals surface area (Å²) >= 11 is 0. The van der Waals surface area contributed by atoms with Gasteiger partial charge in [-0.25, -0.2) is 0 Å². The van der Waals surface area contributed by atoms with E-state index in [4.69, 9.17) is 0 Å². The van der Waals surface area contributed by atoms with Gasteiger partial charge in [-0.1, -0.05) is 18.2 Å². The van der Waals surface area contributed by atoms with Crippen LogP contribution in [0, 0.1) is 17.8 Å². The van der Waals surface area contributed by atoms with Crippen molar-refractivity contribution in [2.24, 2.45) is 17.8 Å². The van der Waals surface area contributed by atoms with Crippen molar-refractivity contribution >= 4 is 16.8 Å². The van der Waals surface area contributed by atoms with Crippen molar-refractivity contribution in [1.82, 2.24) is 9.88 Å². The number of carbonyl (C=O) groups excluding carboxylic acids is 1. The first-order valence-corrected chi connectivity index (χ1v) is 11.1. The number of alkyl halides is 1. The van der Waals surface area contributed by atoms with Crippen molar-refractivity contribution in [2.45, 2.75) is 69.9 Å². The molecule has 0 radical (unpaired) electrons. The minimum Gasteiger partial charge on any atom is -0.345 e. The fraction of sp³-hybridized carbons (Fsp3) is 0.625. The molecule has 1 aromatic heterocycles. The number of nitrogens with zero attached hydrogens (tertiary/aromatic N) is 1. The van der Waals surface area contributed by atoms with Gasteiger partial charge in [0.15, 0.2) is 0 Å². The van der Waals surface area contributed by atoms with Crippen molar-refractivity contribution in [1.29, 1.82) is 0 Å². The lowest BCUT2D eigenvalue weighted by Gasteiger charge is -2.56. The molecule has 3 nitrogen and oxygen atoms in total. The summed E-state index contributed by atoms with van der Waals surface area (Å²) < 4.78 is 14.6. The molecule has 4 heteroatoms. The molecule has 2 aromatic rings. The Morgan fingerprint density at radius 3 is 2.39 bits per heavy atom. The van der Waals surface area contributed by atoms with E-state index in [2.05, 4.69) is 22.0 Å². The van der Waals surface area contributed by atoms with Gasteiger partial charge in [0, 0.05) is 23.0 Å². The predicted octanol–water partition coefficient (Wildman–Crippen LogP) is 5.48. The van der Waals surface area contributed by atoms with Gasteiger partial charge in [0.1, 0.15) is 5.69 Å². The number of hydrogen-bond acceptors (Lipinski definition) is 1. The number of nitrogens with one attached hydrogen (secondary N) is 1. The molecule has 0 saturated heterocycles. The number of fused-ring (bicyclic) bond motifs is 1. The zero-order valence-corrected chi connectivity index (χ0v) is 16.6. The minimum absolute atomic E-state index is 0.0291. The molecule has 28 heavy (non-hydrogen) atoms. The standard InChI is InChI=1S/C24H31FN2O/c25-8-4-1-5-9-27-21-7-3-2-6-20(21)13-22(27)23(28)26-24-14-17-10-18(15-24)12-19(11-17)16-24/h2-3,6-7,13,17-19H,1,4-5,8-12,14-16H2,(H,26,28). The van der Waals surface area contributed by atoms with Crippen LogP contribution in [0.5, 0.6) is 0 Å². The fourth-order valence-corrected chi connectivity index (χ4v) is 6.75. The largest absolute Gasteiger partial charge is 0.345 e. The average Bonchev–Trinajstić information content (AvgIpc) is 3.03. The summed E-state index contributed by atoms with van der Waals surface area (Å²) in [5, 5.41) is 4.64. The van der Waals surface area contributed by atoms with Gasteiger partial charge in [-0.2, -0.15) is 0 Å². The zero-order chi connectivity index (χ0) is 19.1. The van der Waals surface area contributed by atoms with Crippen LogP contribution in [-0.4, -0.2) is 22.7 Å². The zero-order valence-electron chi connectivity index (χ0n) is 16.6. The molecule has 0 aliphatic heterocycles. The maximum Gasteiger partial charge on any atom is 0.268 e. The lowest BCUT2D eigenvalue weighted by atomic mass is 9.53. The second-order valence-electron chi connectivity index (χ2n) is 9.64. The number of para-hydroxylation sites is 1. The van der Waals surface area contributed by atoms with E-state index in [0.29, 0.717) is 6.42 Å². The van der Waals surface area contributed by atoms with E-state index >= 15 is 0 Å². The molecular weight excluding hydrogens is 351 g/mol. The molecule has 0 unspecified atom stereocenters. The highest BCUT2D eigenvalue weighted by atomic mass is 19.1. The molecule has 1 amide bonds. The van der Waals surface area contributed by atoms with Crippen LogP contribution in [0.1, 0.15) is 68.3 Å². The summed E-state index contributed by atoms with van der Waals surface area (Å²) in [6.07, 6.45) is 10.0. The smallest absolute Gasteiger partial charge is 0.268 e. The molecule has 0 atom stereocenters. The van der Waals surface area contributed by atoms with E-state index in [1.165, 1.54) is 38.5 Å². The molecule has 4 fully saturated rings. The molecule has 4 bridgehead atoms. The Bertz CT molecular complexity index is 835. The van der Waals surface area contributed by atoms with Crippen LogP contribution in [0.3, 0.4) is 0 Å². The molecule has 4 saturated carbocycles. The number of unbranched alkanes of at least 4 members (excludes halogenated alkanes) is 2. The second-order valence-corrected chi connectivity index (χ2v) is 9.64. The first-order chi connectivity index (χ1) is 13.7. The first-order valence-electron chi connectivity index (χ1n) is 11.1. The number of amides is 1. The Kier molecular flexibility index (Phi) is 4.68. The topological polar surface area (TPSA) is 34.0 Å². The lowest BCUT2D eigenvalue weighted by Crippen LogP contribution is -2.60. The van der Waals surface area contributed by atoms with Crippen LogP contribution in [0.4, 0.5) is 4.39 Å². The Morgan fingerprint density at radius 1 is 1.04 bits per heavy atom.